The van der Waals surface area contributed by atoms with E-state index in [0.29, 0.717) is 0 Å². The Morgan fingerprint density at radius 1 is 1.67 bits per heavy atom. The number of allylic oxidation sites excluding steroid dienone is 1. The molecule has 0 aliphatic carbocycles. The Hall–Kier alpha value is -0.720. The number of hydrogen-bond donors (Lipinski definition) is 0. The van der Waals surface area contributed by atoms with E-state index in [1.807, 2.05) is 6.08 Å². The highest BCUT2D eigenvalue weighted by molar-refractivity contribution is 4.90. The van der Waals surface area contributed by atoms with E-state index in [0.717, 1.165) is 6.54 Å². The monoisotopic (exact) mass is 123 g/mol. The van der Waals surface area contributed by atoms with Crippen LogP contribution in [0.2, 0.25) is 0 Å². The molecule has 0 N–H and O–H groups in total. The first-order chi connectivity index (χ1) is 4.43. The van der Waals surface area contributed by atoms with Crippen LogP contribution in [-0.4, -0.2) is 18.0 Å². The summed E-state index contributed by atoms with van der Waals surface area (Å²) in [6.45, 7) is 5.87. The van der Waals surface area contributed by atoms with Gasteiger partial charge in [0, 0.05) is 13.1 Å². The zero-order valence-electron chi connectivity index (χ0n) is 5.71. The third kappa shape index (κ3) is 1.92. The molecule has 0 saturated heterocycles. The molecule has 0 aromatic rings. The van der Waals surface area contributed by atoms with Gasteiger partial charge in [0.15, 0.2) is 0 Å². The van der Waals surface area contributed by atoms with Gasteiger partial charge in [0.25, 0.3) is 0 Å². The van der Waals surface area contributed by atoms with Gasteiger partial charge in [-0.3, -0.25) is 0 Å². The zero-order chi connectivity index (χ0) is 6.53. The average Bonchev–Trinajstić information content (AvgIpc) is 1.91. The van der Waals surface area contributed by atoms with E-state index in [-0.39, 0.29) is 0 Å². The van der Waals surface area contributed by atoms with Gasteiger partial charge in [0.2, 0.25) is 0 Å². The molecule has 0 aromatic carbocycles. The molecule has 0 fully saturated rings. The van der Waals surface area contributed by atoms with Crippen molar-refractivity contribution < 1.29 is 0 Å². The Kier molecular flexibility index (Phi) is 2.37. The van der Waals surface area contributed by atoms with Gasteiger partial charge in [-0.1, -0.05) is 12.2 Å². The summed E-state index contributed by atoms with van der Waals surface area (Å²) in [5, 5.41) is 0. The van der Waals surface area contributed by atoms with Crippen molar-refractivity contribution in [3.8, 4) is 0 Å². The van der Waals surface area contributed by atoms with Crippen LogP contribution < -0.4 is 0 Å². The molecular weight excluding hydrogens is 110 g/mol. The first-order valence-corrected chi connectivity index (χ1v) is 3.45. The molecular formula is C8H13N. The summed E-state index contributed by atoms with van der Waals surface area (Å²) >= 11 is 0. The smallest absolute Gasteiger partial charge is 0.0351 e. The van der Waals surface area contributed by atoms with Crippen molar-refractivity contribution >= 4 is 0 Å². The highest BCUT2D eigenvalue weighted by atomic mass is 15.1. The first kappa shape index (κ1) is 6.40. The molecule has 1 aliphatic heterocycles. The molecule has 1 nitrogen and oxygen atoms in total. The van der Waals surface area contributed by atoms with Crippen LogP contribution >= 0.6 is 0 Å². The zero-order valence-corrected chi connectivity index (χ0v) is 5.71. The van der Waals surface area contributed by atoms with E-state index >= 15 is 0 Å². The van der Waals surface area contributed by atoms with E-state index < -0.39 is 0 Å². The van der Waals surface area contributed by atoms with Crippen molar-refractivity contribution in [1.29, 1.82) is 0 Å². The topological polar surface area (TPSA) is 3.24 Å². The third-order valence-corrected chi connectivity index (χ3v) is 1.50. The largest absolute Gasteiger partial charge is 0.374 e. The standard InChI is InChI=1S/C8H13N/c1-2-6-9-7-4-3-5-8-9/h2,4,7H,1,3,5-6,8H2. The predicted octanol–water partition coefficient (Wildman–Crippen LogP) is 1.78. The Labute approximate surface area is 56.7 Å². The maximum absolute atomic E-state index is 3.68. The minimum Gasteiger partial charge on any atom is -0.374 e. The van der Waals surface area contributed by atoms with Gasteiger partial charge >= 0.3 is 0 Å². The lowest BCUT2D eigenvalue weighted by Gasteiger charge is -2.20. The maximum Gasteiger partial charge on any atom is 0.0351 e. The number of rotatable bonds is 2. The van der Waals surface area contributed by atoms with Crippen molar-refractivity contribution in [1.82, 2.24) is 4.90 Å². The second-order valence-corrected chi connectivity index (χ2v) is 2.31. The summed E-state index contributed by atoms with van der Waals surface area (Å²) in [7, 11) is 0. The van der Waals surface area contributed by atoms with Gasteiger partial charge in [-0.25, -0.2) is 0 Å². The maximum atomic E-state index is 3.68. The summed E-state index contributed by atoms with van der Waals surface area (Å²) in [6, 6.07) is 0. The second kappa shape index (κ2) is 3.33. The molecule has 0 spiro atoms. The van der Waals surface area contributed by atoms with Crippen molar-refractivity contribution in [2.45, 2.75) is 12.8 Å². The van der Waals surface area contributed by atoms with Gasteiger partial charge in [0.05, 0.1) is 0 Å². The Balaban J connectivity index is 2.31. The van der Waals surface area contributed by atoms with Crippen LogP contribution in [0.4, 0.5) is 0 Å². The van der Waals surface area contributed by atoms with Crippen molar-refractivity contribution in [2.75, 3.05) is 13.1 Å². The highest BCUT2D eigenvalue weighted by Gasteiger charge is 1.98. The molecule has 1 rings (SSSR count). The lowest BCUT2D eigenvalue weighted by Crippen LogP contribution is -2.20. The summed E-state index contributed by atoms with van der Waals surface area (Å²) in [4.78, 5) is 2.27. The first-order valence-electron chi connectivity index (χ1n) is 3.45. The molecule has 1 heteroatoms. The summed E-state index contributed by atoms with van der Waals surface area (Å²) in [6.07, 6.45) is 8.85. The fourth-order valence-corrected chi connectivity index (χ4v) is 1.03. The van der Waals surface area contributed by atoms with Crippen LogP contribution in [0.3, 0.4) is 0 Å². The van der Waals surface area contributed by atoms with Gasteiger partial charge in [-0.15, -0.1) is 6.58 Å². The molecule has 50 valence electrons. The van der Waals surface area contributed by atoms with Gasteiger partial charge in [0.1, 0.15) is 0 Å². The van der Waals surface area contributed by atoms with Crippen LogP contribution in [0, 0.1) is 0 Å². The predicted molar refractivity (Wildman–Crippen MR) is 40.1 cm³/mol. The van der Waals surface area contributed by atoms with Crippen LogP contribution in [0.5, 0.6) is 0 Å². The van der Waals surface area contributed by atoms with Gasteiger partial charge < -0.3 is 4.90 Å². The van der Waals surface area contributed by atoms with Crippen LogP contribution in [0.15, 0.2) is 24.9 Å². The summed E-state index contributed by atoms with van der Waals surface area (Å²) in [5.74, 6) is 0. The fraction of sp³-hybridized carbons (Fsp3) is 0.500. The molecule has 0 unspecified atom stereocenters. The molecule has 0 aromatic heterocycles. The molecule has 0 radical (unpaired) electrons. The minimum atomic E-state index is 0.997. The fourth-order valence-electron chi connectivity index (χ4n) is 1.03. The van der Waals surface area contributed by atoms with Gasteiger partial charge in [-0.05, 0) is 19.0 Å². The summed E-state index contributed by atoms with van der Waals surface area (Å²) < 4.78 is 0. The van der Waals surface area contributed by atoms with E-state index in [4.69, 9.17) is 0 Å². The lowest BCUT2D eigenvalue weighted by atomic mass is 10.2. The Morgan fingerprint density at radius 2 is 2.56 bits per heavy atom. The number of nitrogens with zero attached hydrogens (tertiary/aromatic N) is 1. The molecule has 0 atom stereocenters. The van der Waals surface area contributed by atoms with Gasteiger partial charge in [-0.2, -0.15) is 0 Å². The number of hydrogen-bond acceptors (Lipinski definition) is 1. The summed E-state index contributed by atoms with van der Waals surface area (Å²) in [5.41, 5.74) is 0. The quantitative estimate of drug-likeness (QED) is 0.506. The highest BCUT2D eigenvalue weighted by Crippen LogP contribution is 2.04. The van der Waals surface area contributed by atoms with Crippen LogP contribution in [0.1, 0.15) is 12.8 Å². The van der Waals surface area contributed by atoms with E-state index in [9.17, 15) is 0 Å². The Morgan fingerprint density at radius 3 is 3.11 bits per heavy atom. The molecule has 1 aliphatic rings. The molecule has 1 heterocycles. The van der Waals surface area contributed by atoms with Crippen molar-refractivity contribution in [2.24, 2.45) is 0 Å². The molecule has 0 saturated carbocycles. The third-order valence-electron chi connectivity index (χ3n) is 1.50. The second-order valence-electron chi connectivity index (χ2n) is 2.31. The molecule has 0 amide bonds. The van der Waals surface area contributed by atoms with Crippen LogP contribution in [-0.2, 0) is 0 Å². The van der Waals surface area contributed by atoms with Crippen molar-refractivity contribution in [3.63, 3.8) is 0 Å². The molecule has 0 bridgehead atoms. The average molecular weight is 123 g/mol. The SMILES string of the molecule is C=CCN1C=CCCC1. The van der Waals surface area contributed by atoms with Crippen LogP contribution in [0.25, 0.3) is 0 Å². The van der Waals surface area contributed by atoms with Crippen molar-refractivity contribution in [3.05, 3.63) is 24.9 Å². The van der Waals surface area contributed by atoms with E-state index in [1.165, 1.54) is 19.4 Å². The van der Waals surface area contributed by atoms with E-state index in [2.05, 4.69) is 23.8 Å². The lowest BCUT2D eigenvalue weighted by molar-refractivity contribution is 0.390. The minimum absolute atomic E-state index is 0.997. The molecule has 9 heavy (non-hydrogen) atoms. The van der Waals surface area contributed by atoms with E-state index in [1.54, 1.807) is 0 Å². The Bertz CT molecular complexity index is 116. The normalized spacial score (nSPS) is 18.0.